The van der Waals surface area contributed by atoms with Crippen molar-refractivity contribution in [3.63, 3.8) is 0 Å². The maximum atomic E-state index is 11.1. The largest absolute Gasteiger partial charge is 4.00 e. The van der Waals surface area contributed by atoms with Gasteiger partial charge in [-0.25, -0.2) is 0 Å². The molecule has 0 spiro atoms. The standard InChI is InChI=1S/C13H12O3.4ClH.Ti/c1-15-10-5-3-9-4-6-13(16-2)12(8-14)11(9)7-10;;;;;/h3-8H,1-2H3;4*1H;/q;;;;;+4/p-4. The summed E-state index contributed by atoms with van der Waals surface area (Å²) in [6, 6.07) is 9.32. The van der Waals surface area contributed by atoms with E-state index in [9.17, 15) is 4.79 Å². The third-order valence-electron chi connectivity index (χ3n) is 2.57. The average molecular weight is 406 g/mol. The molecule has 0 saturated heterocycles. The van der Waals surface area contributed by atoms with Crippen molar-refractivity contribution < 1.29 is 85.6 Å². The van der Waals surface area contributed by atoms with Gasteiger partial charge in [0.15, 0.2) is 6.29 Å². The Morgan fingerprint density at radius 3 is 1.95 bits per heavy atom. The van der Waals surface area contributed by atoms with E-state index in [0.717, 1.165) is 22.8 Å². The van der Waals surface area contributed by atoms with E-state index < -0.39 is 0 Å². The number of rotatable bonds is 3. The Balaban J connectivity index is -0.000000289. The molecule has 2 aromatic rings. The third-order valence-corrected chi connectivity index (χ3v) is 2.57. The minimum Gasteiger partial charge on any atom is -1.00 e. The van der Waals surface area contributed by atoms with Crippen LogP contribution in [0.15, 0.2) is 30.3 Å². The zero-order chi connectivity index (χ0) is 11.5. The summed E-state index contributed by atoms with van der Waals surface area (Å²) in [6.45, 7) is 0. The van der Waals surface area contributed by atoms with Crippen LogP contribution in [-0.2, 0) is 21.7 Å². The van der Waals surface area contributed by atoms with Crippen LogP contribution in [0.1, 0.15) is 10.4 Å². The van der Waals surface area contributed by atoms with E-state index in [4.69, 9.17) is 9.47 Å². The summed E-state index contributed by atoms with van der Waals surface area (Å²) in [7, 11) is 3.15. The van der Waals surface area contributed by atoms with Crippen molar-refractivity contribution >= 4 is 17.1 Å². The first-order chi connectivity index (χ1) is 7.80. The van der Waals surface area contributed by atoms with E-state index in [-0.39, 0.29) is 71.3 Å². The molecule has 2 rings (SSSR count). The molecule has 0 aliphatic rings. The molecule has 0 atom stereocenters. The van der Waals surface area contributed by atoms with Gasteiger partial charge in [0.2, 0.25) is 0 Å². The van der Waals surface area contributed by atoms with Gasteiger partial charge in [0.25, 0.3) is 0 Å². The molecule has 0 heterocycles. The first-order valence-electron chi connectivity index (χ1n) is 4.90. The number of halogens is 4. The van der Waals surface area contributed by atoms with Crippen LogP contribution in [0, 0.1) is 0 Å². The molecule has 8 heteroatoms. The minimum absolute atomic E-state index is 0. The van der Waals surface area contributed by atoms with Crippen molar-refractivity contribution in [1.29, 1.82) is 0 Å². The van der Waals surface area contributed by atoms with E-state index in [1.54, 1.807) is 20.3 Å². The van der Waals surface area contributed by atoms with Crippen molar-refractivity contribution in [2.45, 2.75) is 0 Å². The second-order valence-corrected chi connectivity index (χ2v) is 3.39. The fourth-order valence-electron chi connectivity index (χ4n) is 1.73. The first-order valence-corrected chi connectivity index (χ1v) is 4.90. The van der Waals surface area contributed by atoms with Gasteiger partial charge in [-0.15, -0.1) is 0 Å². The maximum absolute atomic E-state index is 11.1. The van der Waals surface area contributed by atoms with E-state index >= 15 is 0 Å². The summed E-state index contributed by atoms with van der Waals surface area (Å²) in [5.74, 6) is 1.31. The summed E-state index contributed by atoms with van der Waals surface area (Å²) in [4.78, 5) is 11.1. The van der Waals surface area contributed by atoms with E-state index in [1.807, 2.05) is 24.3 Å². The molecule has 0 aliphatic heterocycles. The number of methoxy groups -OCH3 is 2. The summed E-state index contributed by atoms with van der Waals surface area (Å²) >= 11 is 0. The number of aldehydes is 1. The van der Waals surface area contributed by atoms with Crippen molar-refractivity contribution in [3.8, 4) is 11.5 Å². The Morgan fingerprint density at radius 2 is 1.48 bits per heavy atom. The number of fused-ring (bicyclic) bond motifs is 1. The summed E-state index contributed by atoms with van der Waals surface area (Å²) in [6.07, 6.45) is 0.806. The molecule has 3 nitrogen and oxygen atoms in total. The molecule has 114 valence electrons. The van der Waals surface area contributed by atoms with Gasteiger partial charge in [0.05, 0.1) is 19.8 Å². The number of hydrogen-bond donors (Lipinski definition) is 0. The molecule has 2 aromatic carbocycles. The predicted molar refractivity (Wildman–Crippen MR) is 62.4 cm³/mol. The molecule has 0 aromatic heterocycles. The molecular weight excluding hydrogens is 394 g/mol. The first kappa shape index (κ1) is 28.9. The van der Waals surface area contributed by atoms with Crippen LogP contribution < -0.4 is 59.1 Å². The van der Waals surface area contributed by atoms with Crippen LogP contribution in [-0.4, -0.2) is 20.5 Å². The number of carbonyl (C=O) groups excluding carboxylic acids is 1. The fourth-order valence-corrected chi connectivity index (χ4v) is 1.73. The van der Waals surface area contributed by atoms with E-state index in [1.165, 1.54) is 0 Å². The monoisotopic (exact) mass is 404 g/mol. The second kappa shape index (κ2) is 13.5. The summed E-state index contributed by atoms with van der Waals surface area (Å²) in [5, 5.41) is 1.83. The average Bonchev–Trinajstić information content (AvgIpc) is 2.36. The molecule has 0 amide bonds. The topological polar surface area (TPSA) is 35.5 Å². The Hall–Kier alpha value is -0.156. The SMILES string of the molecule is COc1ccc2ccc(OC)c(C=O)c2c1.[Cl-].[Cl-].[Cl-].[Cl-].[Ti+4]. The molecule has 0 fully saturated rings. The fraction of sp³-hybridized carbons (Fsp3) is 0.154. The van der Waals surface area contributed by atoms with Crippen molar-refractivity contribution in [2.75, 3.05) is 14.2 Å². The zero-order valence-corrected chi connectivity index (χ0v) is 15.8. The Labute approximate surface area is 163 Å². The van der Waals surface area contributed by atoms with E-state index in [2.05, 4.69) is 0 Å². The van der Waals surface area contributed by atoms with Crippen LogP contribution in [0.3, 0.4) is 0 Å². The maximum Gasteiger partial charge on any atom is 4.00 e. The number of ether oxygens (including phenoxy) is 2. The molecule has 0 bridgehead atoms. The van der Waals surface area contributed by atoms with Crippen molar-refractivity contribution in [2.24, 2.45) is 0 Å². The number of benzene rings is 2. The Kier molecular flexibility index (Phi) is 18.6. The Morgan fingerprint density at radius 1 is 0.905 bits per heavy atom. The molecule has 0 unspecified atom stereocenters. The molecular formula is C13H12Cl4O3Ti. The normalized spacial score (nSPS) is 7.71. The van der Waals surface area contributed by atoms with Crippen LogP contribution in [0.5, 0.6) is 11.5 Å². The van der Waals surface area contributed by atoms with Crippen LogP contribution in [0.25, 0.3) is 10.8 Å². The smallest absolute Gasteiger partial charge is 1.00 e. The second-order valence-electron chi connectivity index (χ2n) is 3.39. The van der Waals surface area contributed by atoms with Crippen molar-refractivity contribution in [3.05, 3.63) is 35.9 Å². The summed E-state index contributed by atoms with van der Waals surface area (Å²) < 4.78 is 10.3. The van der Waals surface area contributed by atoms with Gasteiger partial charge in [-0.2, -0.15) is 0 Å². The molecule has 0 saturated carbocycles. The molecule has 0 aliphatic carbocycles. The number of hydrogen-bond acceptors (Lipinski definition) is 3. The van der Waals surface area contributed by atoms with Gasteiger partial charge < -0.3 is 59.1 Å². The molecule has 21 heavy (non-hydrogen) atoms. The van der Waals surface area contributed by atoms with Gasteiger partial charge in [0.1, 0.15) is 11.5 Å². The molecule has 0 N–H and O–H groups in total. The van der Waals surface area contributed by atoms with Crippen LogP contribution >= 0.6 is 0 Å². The third kappa shape index (κ3) is 6.23. The quantitative estimate of drug-likeness (QED) is 0.376. The number of carbonyl (C=O) groups is 1. The van der Waals surface area contributed by atoms with Gasteiger partial charge in [-0.3, -0.25) is 4.79 Å². The van der Waals surface area contributed by atoms with Gasteiger partial charge in [-0.05, 0) is 29.0 Å². The van der Waals surface area contributed by atoms with Gasteiger partial charge in [0, 0.05) is 0 Å². The van der Waals surface area contributed by atoms with E-state index in [0.29, 0.717) is 11.3 Å². The van der Waals surface area contributed by atoms with Gasteiger partial charge >= 0.3 is 21.7 Å². The Bertz CT molecular complexity index is 547. The van der Waals surface area contributed by atoms with Crippen LogP contribution in [0.4, 0.5) is 0 Å². The zero-order valence-electron chi connectivity index (χ0n) is 11.2. The summed E-state index contributed by atoms with van der Waals surface area (Å²) in [5.41, 5.74) is 0.555. The minimum atomic E-state index is 0. The van der Waals surface area contributed by atoms with Crippen molar-refractivity contribution in [1.82, 2.24) is 0 Å². The van der Waals surface area contributed by atoms with Crippen LogP contribution in [0.2, 0.25) is 0 Å². The molecule has 0 radical (unpaired) electrons. The van der Waals surface area contributed by atoms with Gasteiger partial charge in [-0.1, -0.05) is 12.1 Å². The predicted octanol–water partition coefficient (Wildman–Crippen LogP) is -9.32.